The van der Waals surface area contributed by atoms with Gasteiger partial charge in [0.15, 0.2) is 0 Å². The third kappa shape index (κ3) is 1.48. The second kappa shape index (κ2) is 4.09. The zero-order valence-corrected chi connectivity index (χ0v) is 11.5. The van der Waals surface area contributed by atoms with E-state index in [0.29, 0.717) is 12.0 Å². The Morgan fingerprint density at radius 1 is 1.40 bits per heavy atom. The molecule has 1 fully saturated rings. The Kier molecular flexibility index (Phi) is 2.45. The lowest BCUT2D eigenvalue weighted by Crippen LogP contribution is -2.44. The highest BCUT2D eigenvalue weighted by molar-refractivity contribution is 5.94. The highest BCUT2D eigenvalue weighted by atomic mass is 16.4. The number of nitrogens with zero attached hydrogens (tertiary/aromatic N) is 2. The predicted molar refractivity (Wildman–Crippen MR) is 77.5 cm³/mol. The summed E-state index contributed by atoms with van der Waals surface area (Å²) in [4.78, 5) is 13.8. The Hall–Kier alpha value is -1.81. The highest BCUT2D eigenvalue weighted by Gasteiger charge is 2.36. The van der Waals surface area contributed by atoms with Crippen molar-refractivity contribution in [2.24, 2.45) is 0 Å². The number of likely N-dealkylation sites (N-methyl/N-ethyl adjacent to an activating group) is 1. The average molecular weight is 270 g/mol. The van der Waals surface area contributed by atoms with Crippen molar-refractivity contribution >= 4 is 17.0 Å². The summed E-state index contributed by atoms with van der Waals surface area (Å²) >= 11 is 0. The first-order valence-electron chi connectivity index (χ1n) is 7.23. The first-order chi connectivity index (χ1) is 9.66. The van der Waals surface area contributed by atoms with Crippen molar-refractivity contribution in [1.29, 1.82) is 0 Å². The molecule has 4 heteroatoms. The number of hydrogen-bond donors (Lipinski definition) is 1. The normalized spacial score (nSPS) is 25.6. The van der Waals surface area contributed by atoms with Gasteiger partial charge in [0.25, 0.3) is 0 Å². The minimum atomic E-state index is -0.892. The van der Waals surface area contributed by atoms with Gasteiger partial charge in [0.2, 0.25) is 0 Å². The lowest BCUT2D eigenvalue weighted by molar-refractivity contribution is 0.157. The second-order valence-electron chi connectivity index (χ2n) is 6.05. The van der Waals surface area contributed by atoms with E-state index in [1.54, 1.807) is 0 Å². The number of piperidine rings is 1. The third-order valence-electron chi connectivity index (χ3n) is 5.03. The quantitative estimate of drug-likeness (QED) is 0.800. The van der Waals surface area contributed by atoms with Crippen LogP contribution < -0.4 is 0 Å². The second-order valence-corrected chi connectivity index (χ2v) is 6.05. The third-order valence-corrected chi connectivity index (χ3v) is 5.03. The van der Waals surface area contributed by atoms with E-state index in [4.69, 9.17) is 0 Å². The lowest BCUT2D eigenvalue weighted by Gasteiger charge is -2.42. The van der Waals surface area contributed by atoms with Crippen molar-refractivity contribution in [2.45, 2.75) is 31.2 Å². The number of hydrogen-bond acceptors (Lipinski definition) is 2. The molecule has 20 heavy (non-hydrogen) atoms. The Balaban J connectivity index is 1.97. The summed E-state index contributed by atoms with van der Waals surface area (Å²) in [5, 5.41) is 10.6. The monoisotopic (exact) mass is 270 g/mol. The van der Waals surface area contributed by atoms with Crippen LogP contribution in [0.5, 0.6) is 0 Å². The Morgan fingerprint density at radius 3 is 3.05 bits per heavy atom. The molecule has 1 aliphatic heterocycles. The molecule has 2 aromatic rings. The van der Waals surface area contributed by atoms with E-state index >= 15 is 0 Å². The number of fused-ring (bicyclic) bond motifs is 2. The summed E-state index contributed by atoms with van der Waals surface area (Å²) in [5.41, 5.74) is 3.38. The Labute approximate surface area is 117 Å². The van der Waals surface area contributed by atoms with E-state index in [-0.39, 0.29) is 0 Å². The van der Waals surface area contributed by atoms with E-state index in [1.807, 2.05) is 18.3 Å². The van der Waals surface area contributed by atoms with Crippen molar-refractivity contribution in [1.82, 2.24) is 9.47 Å². The number of aromatic nitrogens is 1. The van der Waals surface area contributed by atoms with E-state index in [2.05, 4.69) is 18.0 Å². The van der Waals surface area contributed by atoms with Crippen LogP contribution in [0.1, 0.15) is 29.9 Å². The van der Waals surface area contributed by atoms with Gasteiger partial charge < -0.3 is 10.0 Å². The minimum Gasteiger partial charge on any atom is -0.464 e. The van der Waals surface area contributed by atoms with Crippen LogP contribution in [0.2, 0.25) is 0 Å². The molecule has 4 nitrogen and oxygen atoms in total. The molecule has 1 aliphatic carbocycles. The molecule has 0 saturated carbocycles. The van der Waals surface area contributed by atoms with E-state index in [1.165, 1.54) is 33.9 Å². The maximum atomic E-state index is 11.4. The summed E-state index contributed by atoms with van der Waals surface area (Å²) in [5.74, 6) is 0.551. The molecule has 0 radical (unpaired) electrons. The fourth-order valence-electron chi connectivity index (χ4n) is 4.13. The molecule has 2 heterocycles. The van der Waals surface area contributed by atoms with Crippen LogP contribution in [0.15, 0.2) is 24.4 Å². The number of benzene rings is 1. The van der Waals surface area contributed by atoms with Crippen molar-refractivity contribution in [3.8, 4) is 0 Å². The SMILES string of the molecule is CN1CCC[C@@H]2c3cccc4c3c(cn4C(=O)O)C[C@H]21. The molecule has 2 aliphatic rings. The zero-order valence-electron chi connectivity index (χ0n) is 11.5. The molecular weight excluding hydrogens is 252 g/mol. The molecule has 0 unspecified atom stereocenters. The van der Waals surface area contributed by atoms with Gasteiger partial charge in [-0.25, -0.2) is 4.79 Å². The smallest absolute Gasteiger partial charge is 0.416 e. The Morgan fingerprint density at radius 2 is 2.25 bits per heavy atom. The number of carboxylic acid groups (broad SMARTS) is 1. The first-order valence-corrected chi connectivity index (χ1v) is 7.23. The molecule has 1 saturated heterocycles. The van der Waals surface area contributed by atoms with Crippen LogP contribution in [0.4, 0.5) is 4.79 Å². The van der Waals surface area contributed by atoms with Gasteiger partial charge in [0, 0.05) is 23.5 Å². The van der Waals surface area contributed by atoms with Crippen molar-refractivity contribution in [3.63, 3.8) is 0 Å². The summed E-state index contributed by atoms with van der Waals surface area (Å²) in [6.45, 7) is 1.14. The van der Waals surface area contributed by atoms with Gasteiger partial charge in [-0.1, -0.05) is 12.1 Å². The van der Waals surface area contributed by atoms with Crippen molar-refractivity contribution < 1.29 is 9.90 Å². The van der Waals surface area contributed by atoms with E-state index < -0.39 is 6.09 Å². The van der Waals surface area contributed by atoms with Gasteiger partial charge in [-0.2, -0.15) is 0 Å². The van der Waals surface area contributed by atoms with Crippen LogP contribution in [-0.4, -0.2) is 40.3 Å². The maximum absolute atomic E-state index is 11.4. The van der Waals surface area contributed by atoms with Crippen LogP contribution in [-0.2, 0) is 6.42 Å². The molecule has 2 atom stereocenters. The zero-order chi connectivity index (χ0) is 13.9. The number of rotatable bonds is 0. The predicted octanol–water partition coefficient (Wildman–Crippen LogP) is 2.90. The summed E-state index contributed by atoms with van der Waals surface area (Å²) in [6, 6.07) is 6.63. The van der Waals surface area contributed by atoms with Gasteiger partial charge in [-0.05, 0) is 50.0 Å². The van der Waals surface area contributed by atoms with Crippen LogP contribution in [0.25, 0.3) is 10.9 Å². The summed E-state index contributed by atoms with van der Waals surface area (Å²) in [6.07, 6.45) is 4.33. The molecule has 1 aromatic heterocycles. The molecule has 0 bridgehead atoms. The fraction of sp³-hybridized carbons (Fsp3) is 0.438. The first kappa shape index (κ1) is 12.0. The molecule has 1 N–H and O–H groups in total. The maximum Gasteiger partial charge on any atom is 0.416 e. The highest BCUT2D eigenvalue weighted by Crippen LogP contribution is 2.43. The molecule has 1 aromatic carbocycles. The number of carbonyl (C=O) groups is 1. The van der Waals surface area contributed by atoms with Crippen LogP contribution in [0, 0.1) is 0 Å². The van der Waals surface area contributed by atoms with Gasteiger partial charge in [-0.15, -0.1) is 0 Å². The van der Waals surface area contributed by atoms with Gasteiger partial charge in [-0.3, -0.25) is 4.57 Å². The number of likely N-dealkylation sites (tertiary alicyclic amines) is 1. The lowest BCUT2D eigenvalue weighted by atomic mass is 9.75. The molecular formula is C16H18N2O2. The summed E-state index contributed by atoms with van der Waals surface area (Å²) < 4.78 is 1.38. The Bertz CT molecular complexity index is 704. The average Bonchev–Trinajstić information content (AvgIpc) is 2.81. The van der Waals surface area contributed by atoms with E-state index in [0.717, 1.165) is 18.5 Å². The van der Waals surface area contributed by atoms with Crippen molar-refractivity contribution in [3.05, 3.63) is 35.5 Å². The standard InChI is InChI=1S/C16H18N2O2/c1-17-7-3-5-11-12-4-2-6-13-15(12)10(8-14(11)17)9-18(13)16(19)20/h2,4,6,9,11,14H,3,5,7-8H2,1H3,(H,19,20)/t11-,14-/m1/s1. The van der Waals surface area contributed by atoms with Crippen LogP contribution >= 0.6 is 0 Å². The minimum absolute atomic E-state index is 0.520. The molecule has 4 rings (SSSR count). The van der Waals surface area contributed by atoms with Gasteiger partial charge >= 0.3 is 6.09 Å². The van der Waals surface area contributed by atoms with Gasteiger partial charge in [0.1, 0.15) is 0 Å². The van der Waals surface area contributed by atoms with E-state index in [9.17, 15) is 9.90 Å². The molecule has 104 valence electrons. The fourth-order valence-corrected chi connectivity index (χ4v) is 4.13. The topological polar surface area (TPSA) is 45.5 Å². The van der Waals surface area contributed by atoms with Gasteiger partial charge in [0.05, 0.1) is 5.52 Å². The molecule has 0 amide bonds. The molecule has 0 spiro atoms. The van der Waals surface area contributed by atoms with Crippen LogP contribution in [0.3, 0.4) is 0 Å². The summed E-state index contributed by atoms with van der Waals surface area (Å²) in [7, 11) is 2.19. The largest absolute Gasteiger partial charge is 0.464 e. The van der Waals surface area contributed by atoms with Crippen molar-refractivity contribution in [2.75, 3.05) is 13.6 Å².